The summed E-state index contributed by atoms with van der Waals surface area (Å²) in [6.45, 7) is 5.27. The standard InChI is InChI=1S/C22H28ClFO4/c1-11-6-13-14-8-16(24)15-7-12(26)4-5-21(15,3)22(14,23)18(28)9-20(13,2)19(11)17(27)10-25/h4-5,7,11,13-14,16,18-19,25,28H,6,8-10H2,1-3H3/t11-,13-,14+,16+,18+,19-,20+,21+,22+/m1/s1. The van der Waals surface area contributed by atoms with Gasteiger partial charge in [-0.1, -0.05) is 26.8 Å². The van der Waals surface area contributed by atoms with Crippen molar-refractivity contribution in [3.8, 4) is 0 Å². The van der Waals surface area contributed by atoms with E-state index < -0.39 is 34.6 Å². The van der Waals surface area contributed by atoms with Crippen LogP contribution in [0, 0.1) is 34.5 Å². The first-order valence-corrected chi connectivity index (χ1v) is 10.5. The quantitative estimate of drug-likeness (QED) is 0.686. The van der Waals surface area contributed by atoms with Gasteiger partial charge in [0.15, 0.2) is 11.6 Å². The minimum Gasteiger partial charge on any atom is -0.391 e. The van der Waals surface area contributed by atoms with Gasteiger partial charge in [-0.25, -0.2) is 4.39 Å². The average Bonchev–Trinajstić information content (AvgIpc) is 2.89. The lowest BCUT2D eigenvalue weighted by atomic mass is 9.46. The Morgan fingerprint density at radius 3 is 2.64 bits per heavy atom. The number of Topliss-reactive ketones (excluding diaryl/α,β-unsaturated/α-hetero) is 1. The molecule has 0 aromatic carbocycles. The molecule has 4 rings (SSSR count). The summed E-state index contributed by atoms with van der Waals surface area (Å²) in [5.41, 5.74) is -1.15. The molecule has 9 atom stereocenters. The normalized spacial score (nSPS) is 52.5. The number of halogens is 2. The number of hydrogen-bond acceptors (Lipinski definition) is 4. The molecule has 0 heterocycles. The highest BCUT2D eigenvalue weighted by atomic mass is 35.5. The summed E-state index contributed by atoms with van der Waals surface area (Å²) in [4.78, 5) is 23.3. The number of alkyl halides is 2. The van der Waals surface area contributed by atoms with Gasteiger partial charge in [0.25, 0.3) is 0 Å². The van der Waals surface area contributed by atoms with E-state index in [2.05, 4.69) is 0 Å². The highest BCUT2D eigenvalue weighted by Crippen LogP contribution is 2.70. The number of fused-ring (bicyclic) bond motifs is 5. The fourth-order valence-electron chi connectivity index (χ4n) is 7.36. The predicted octanol–water partition coefficient (Wildman–Crippen LogP) is 3.00. The molecule has 28 heavy (non-hydrogen) atoms. The maximum absolute atomic E-state index is 15.3. The van der Waals surface area contributed by atoms with Crippen molar-refractivity contribution in [3.05, 3.63) is 23.8 Å². The van der Waals surface area contributed by atoms with E-state index >= 15 is 4.39 Å². The second-order valence-electron chi connectivity index (χ2n) is 9.76. The molecule has 0 aromatic heterocycles. The van der Waals surface area contributed by atoms with E-state index in [-0.39, 0.29) is 41.7 Å². The summed E-state index contributed by atoms with van der Waals surface area (Å²) in [7, 11) is 0. The van der Waals surface area contributed by atoms with E-state index in [4.69, 9.17) is 11.6 Å². The SMILES string of the molecule is C[C@@H]1C[C@@H]2[C@@H]3C[C@H](F)C4=CC(=O)C=C[C@]4(C)[C@@]3(Cl)[C@@H](O)C[C@]2(C)[C@H]1C(=O)CO. The Morgan fingerprint density at radius 2 is 2.00 bits per heavy atom. The van der Waals surface area contributed by atoms with Gasteiger partial charge in [0, 0.05) is 11.3 Å². The van der Waals surface area contributed by atoms with Crippen LogP contribution in [0.4, 0.5) is 4.39 Å². The fraction of sp³-hybridized carbons (Fsp3) is 0.727. The number of carbonyl (C=O) groups is 2. The fourth-order valence-corrected chi connectivity index (χ4v) is 7.85. The lowest BCUT2D eigenvalue weighted by molar-refractivity contribution is -0.140. The third-order valence-electron chi connectivity index (χ3n) is 8.47. The van der Waals surface area contributed by atoms with Crippen molar-refractivity contribution in [2.24, 2.45) is 34.5 Å². The Morgan fingerprint density at radius 1 is 1.32 bits per heavy atom. The van der Waals surface area contributed by atoms with Crippen LogP contribution in [0.25, 0.3) is 0 Å². The minimum atomic E-state index is -1.31. The Bertz CT molecular complexity index is 793. The van der Waals surface area contributed by atoms with Gasteiger partial charge in [-0.05, 0) is 60.2 Å². The van der Waals surface area contributed by atoms with E-state index in [1.54, 1.807) is 6.08 Å². The van der Waals surface area contributed by atoms with Gasteiger partial charge in [0.1, 0.15) is 12.8 Å². The molecule has 3 saturated carbocycles. The first-order chi connectivity index (χ1) is 13.0. The lowest BCUT2D eigenvalue weighted by Gasteiger charge is -2.63. The molecule has 0 amide bonds. The smallest absolute Gasteiger partial charge is 0.178 e. The Labute approximate surface area is 169 Å². The van der Waals surface area contributed by atoms with Crippen molar-refractivity contribution in [1.29, 1.82) is 0 Å². The van der Waals surface area contributed by atoms with Crippen LogP contribution in [0.1, 0.15) is 40.0 Å². The largest absolute Gasteiger partial charge is 0.391 e. The molecule has 0 radical (unpaired) electrons. The number of aliphatic hydroxyl groups is 2. The number of aliphatic hydroxyl groups excluding tert-OH is 2. The summed E-state index contributed by atoms with van der Waals surface area (Å²) in [5.74, 6) is -1.18. The maximum Gasteiger partial charge on any atom is 0.178 e. The van der Waals surface area contributed by atoms with Gasteiger partial charge >= 0.3 is 0 Å². The molecule has 3 fully saturated rings. The lowest BCUT2D eigenvalue weighted by Crippen LogP contribution is -2.67. The summed E-state index contributed by atoms with van der Waals surface area (Å²) < 4.78 is 15.3. The molecule has 6 heteroatoms. The minimum absolute atomic E-state index is 0.0344. The molecule has 0 saturated heterocycles. The zero-order valence-corrected chi connectivity index (χ0v) is 17.2. The molecule has 0 aliphatic heterocycles. The molecule has 4 nitrogen and oxygen atoms in total. The third-order valence-corrected chi connectivity index (χ3v) is 9.40. The number of allylic oxidation sites excluding steroid dienone is 4. The second-order valence-corrected chi connectivity index (χ2v) is 10.4. The van der Waals surface area contributed by atoms with Gasteiger partial charge in [0.05, 0.1) is 11.0 Å². The van der Waals surface area contributed by atoms with Crippen LogP contribution in [-0.2, 0) is 9.59 Å². The molecule has 0 bridgehead atoms. The van der Waals surface area contributed by atoms with Crippen molar-refractivity contribution < 1.29 is 24.2 Å². The van der Waals surface area contributed by atoms with Crippen LogP contribution in [0.3, 0.4) is 0 Å². The molecule has 4 aliphatic rings. The number of ketones is 2. The topological polar surface area (TPSA) is 74.6 Å². The number of hydrogen-bond donors (Lipinski definition) is 2. The van der Waals surface area contributed by atoms with Crippen LogP contribution in [0.5, 0.6) is 0 Å². The second kappa shape index (κ2) is 6.23. The number of rotatable bonds is 2. The molecule has 0 spiro atoms. The van der Waals surface area contributed by atoms with Crippen molar-refractivity contribution in [1.82, 2.24) is 0 Å². The van der Waals surface area contributed by atoms with Crippen molar-refractivity contribution in [3.63, 3.8) is 0 Å². The maximum atomic E-state index is 15.3. The summed E-state index contributed by atoms with van der Waals surface area (Å²) >= 11 is 7.24. The summed E-state index contributed by atoms with van der Waals surface area (Å²) in [6.07, 6.45) is 3.31. The zero-order valence-electron chi connectivity index (χ0n) is 16.5. The van der Waals surface area contributed by atoms with Crippen LogP contribution < -0.4 is 0 Å². The van der Waals surface area contributed by atoms with Gasteiger partial charge in [-0.2, -0.15) is 0 Å². The first-order valence-electron chi connectivity index (χ1n) is 10.1. The average molecular weight is 411 g/mol. The van der Waals surface area contributed by atoms with E-state index in [9.17, 15) is 19.8 Å². The molecule has 0 unspecified atom stereocenters. The van der Waals surface area contributed by atoms with Gasteiger partial charge in [0.2, 0.25) is 0 Å². The molecular formula is C22H28ClFO4. The van der Waals surface area contributed by atoms with Gasteiger partial charge in [-0.3, -0.25) is 9.59 Å². The van der Waals surface area contributed by atoms with Crippen LogP contribution >= 0.6 is 11.6 Å². The first kappa shape index (κ1) is 20.2. The molecule has 154 valence electrons. The van der Waals surface area contributed by atoms with Crippen molar-refractivity contribution in [2.45, 2.75) is 57.2 Å². The Kier molecular flexibility index (Phi) is 4.50. The summed E-state index contributed by atoms with van der Waals surface area (Å²) in [5, 5.41) is 20.8. The Hall–Kier alpha value is -1.04. The molecular weight excluding hydrogens is 383 g/mol. The summed E-state index contributed by atoms with van der Waals surface area (Å²) in [6, 6.07) is 0. The highest BCUT2D eigenvalue weighted by molar-refractivity contribution is 6.26. The molecule has 4 aliphatic carbocycles. The van der Waals surface area contributed by atoms with E-state index in [0.29, 0.717) is 18.4 Å². The number of carbonyl (C=O) groups excluding carboxylic acids is 2. The monoisotopic (exact) mass is 410 g/mol. The van der Waals surface area contributed by atoms with Crippen molar-refractivity contribution >= 4 is 23.2 Å². The van der Waals surface area contributed by atoms with Crippen molar-refractivity contribution in [2.75, 3.05) is 6.61 Å². The zero-order chi connectivity index (χ0) is 20.6. The van der Waals surface area contributed by atoms with Crippen LogP contribution in [0.15, 0.2) is 23.8 Å². The molecule has 0 aromatic rings. The van der Waals surface area contributed by atoms with Gasteiger partial charge in [-0.15, -0.1) is 11.6 Å². The highest BCUT2D eigenvalue weighted by Gasteiger charge is 2.71. The van der Waals surface area contributed by atoms with Crippen LogP contribution in [-0.4, -0.2) is 45.5 Å². The molecule has 2 N–H and O–H groups in total. The van der Waals surface area contributed by atoms with Gasteiger partial charge < -0.3 is 10.2 Å². The Balaban J connectivity index is 1.84. The van der Waals surface area contributed by atoms with E-state index in [0.717, 1.165) is 0 Å². The third kappa shape index (κ3) is 2.30. The van der Waals surface area contributed by atoms with E-state index in [1.807, 2.05) is 20.8 Å². The van der Waals surface area contributed by atoms with Crippen LogP contribution in [0.2, 0.25) is 0 Å². The predicted molar refractivity (Wildman–Crippen MR) is 104 cm³/mol. The van der Waals surface area contributed by atoms with E-state index in [1.165, 1.54) is 12.2 Å².